The molecule has 192 valence electrons. The second-order valence-electron chi connectivity index (χ2n) is 6.03. The third-order valence-corrected chi connectivity index (χ3v) is 3.26. The lowest BCUT2D eigenvalue weighted by atomic mass is 10.2. The van der Waals surface area contributed by atoms with Crippen molar-refractivity contribution in [1.29, 1.82) is 0 Å². The summed E-state index contributed by atoms with van der Waals surface area (Å²) < 4.78 is 30.3. The quantitative estimate of drug-likeness (QED) is 0.0907. The molecule has 0 bridgehead atoms. The molecule has 0 aromatic carbocycles. The highest BCUT2D eigenvalue weighted by molar-refractivity contribution is 5.85. The molecule has 5 N–H and O–H groups in total. The Hall–Kier alpha value is -1.19. The Balaban J connectivity index is 0. The van der Waals surface area contributed by atoms with E-state index in [4.69, 9.17) is 48.8 Å². The van der Waals surface area contributed by atoms with Crippen molar-refractivity contribution in [2.75, 3.05) is 99.1 Å². The van der Waals surface area contributed by atoms with Crippen LogP contribution in [0.15, 0.2) is 11.6 Å². The van der Waals surface area contributed by atoms with Gasteiger partial charge in [-0.15, -0.1) is 0 Å². The minimum atomic E-state index is -1.06. The van der Waals surface area contributed by atoms with E-state index in [0.29, 0.717) is 72.7 Å². The van der Waals surface area contributed by atoms with Gasteiger partial charge < -0.3 is 54.0 Å². The molecular weight excluding hydrogens is 432 g/mol. The van der Waals surface area contributed by atoms with Crippen molar-refractivity contribution in [2.24, 2.45) is 0 Å². The summed E-state index contributed by atoms with van der Waals surface area (Å²) in [6.07, 6.45) is 0.287. The fraction of sp³-hybridized carbons (Fsp3) is 0.850. The number of carbonyl (C=O) groups is 1. The number of ether oxygens (including phenoxy) is 6. The van der Waals surface area contributed by atoms with Gasteiger partial charge in [0, 0.05) is 5.57 Å². The first-order chi connectivity index (χ1) is 15.5. The maximum Gasteiger partial charge on any atom is 0.331 e. The normalized spacial score (nSPS) is 12.3. The third kappa shape index (κ3) is 28.8. The van der Waals surface area contributed by atoms with Crippen LogP contribution in [0.25, 0.3) is 0 Å². The van der Waals surface area contributed by atoms with E-state index in [0.717, 1.165) is 0 Å². The van der Waals surface area contributed by atoms with Gasteiger partial charge in [0.1, 0.15) is 0 Å². The number of aliphatic carboxylic acids is 1. The lowest BCUT2D eigenvalue weighted by Crippen LogP contribution is -2.17. The zero-order chi connectivity index (χ0) is 24.3. The van der Waals surface area contributed by atoms with Crippen molar-refractivity contribution in [2.45, 2.75) is 13.0 Å². The van der Waals surface area contributed by atoms with Gasteiger partial charge in [-0.25, -0.2) is 4.79 Å². The molecule has 0 aromatic heterocycles. The number of aliphatic hydroxyl groups excluding tert-OH is 4. The van der Waals surface area contributed by atoms with Crippen molar-refractivity contribution >= 4 is 5.97 Å². The van der Waals surface area contributed by atoms with Gasteiger partial charge in [-0.2, -0.15) is 0 Å². The lowest BCUT2D eigenvalue weighted by Gasteiger charge is -2.08. The molecule has 1 atom stereocenters. The number of hydrogen-bond acceptors (Lipinski definition) is 11. The van der Waals surface area contributed by atoms with Gasteiger partial charge in [0.2, 0.25) is 0 Å². The van der Waals surface area contributed by atoms with E-state index < -0.39 is 12.1 Å². The molecule has 0 saturated carbocycles. The SMILES string of the molecule is CC(=CC(O)COCCOCCOCCO)C(=O)O.OCCOCCOCCOCCO. The predicted octanol–water partition coefficient (Wildman–Crippen LogP) is -1.56. The number of carboxylic acid groups (broad SMARTS) is 1. The Labute approximate surface area is 189 Å². The van der Waals surface area contributed by atoms with Gasteiger partial charge in [0.25, 0.3) is 0 Å². The summed E-state index contributed by atoms with van der Waals surface area (Å²) in [4.78, 5) is 10.5. The maximum absolute atomic E-state index is 10.5. The summed E-state index contributed by atoms with van der Waals surface area (Å²) >= 11 is 0. The van der Waals surface area contributed by atoms with E-state index in [2.05, 4.69) is 0 Å². The third-order valence-electron chi connectivity index (χ3n) is 3.26. The molecule has 0 aliphatic heterocycles. The van der Waals surface area contributed by atoms with Gasteiger partial charge in [-0.1, -0.05) is 0 Å². The summed E-state index contributed by atoms with van der Waals surface area (Å²) in [6.45, 7) is 5.95. The second-order valence-corrected chi connectivity index (χ2v) is 6.03. The van der Waals surface area contributed by atoms with Crippen LogP contribution in [-0.2, 0) is 33.2 Å². The molecule has 0 spiro atoms. The maximum atomic E-state index is 10.5. The van der Waals surface area contributed by atoms with Crippen molar-refractivity contribution in [3.8, 4) is 0 Å². The predicted molar refractivity (Wildman–Crippen MR) is 114 cm³/mol. The van der Waals surface area contributed by atoms with E-state index in [1.165, 1.54) is 13.0 Å². The van der Waals surface area contributed by atoms with Crippen LogP contribution < -0.4 is 0 Å². The van der Waals surface area contributed by atoms with Gasteiger partial charge in [-0.3, -0.25) is 0 Å². The summed E-state index contributed by atoms with van der Waals surface area (Å²) in [7, 11) is 0. The lowest BCUT2D eigenvalue weighted by molar-refractivity contribution is -0.132. The summed E-state index contributed by atoms with van der Waals surface area (Å²) in [6, 6.07) is 0. The zero-order valence-corrected chi connectivity index (χ0v) is 18.9. The van der Waals surface area contributed by atoms with Crippen LogP contribution >= 0.6 is 0 Å². The van der Waals surface area contributed by atoms with E-state index in [1.54, 1.807) is 0 Å². The first-order valence-corrected chi connectivity index (χ1v) is 10.4. The Morgan fingerprint density at radius 3 is 1.28 bits per heavy atom. The largest absolute Gasteiger partial charge is 0.478 e. The van der Waals surface area contributed by atoms with E-state index in [-0.39, 0.29) is 32.0 Å². The van der Waals surface area contributed by atoms with Gasteiger partial charge >= 0.3 is 5.97 Å². The minimum Gasteiger partial charge on any atom is -0.478 e. The molecule has 0 aliphatic carbocycles. The van der Waals surface area contributed by atoms with Crippen LogP contribution in [0, 0.1) is 0 Å². The molecule has 0 rings (SSSR count). The van der Waals surface area contributed by atoms with Crippen LogP contribution in [0.3, 0.4) is 0 Å². The smallest absolute Gasteiger partial charge is 0.331 e. The monoisotopic (exact) mass is 472 g/mol. The van der Waals surface area contributed by atoms with Crippen molar-refractivity contribution in [3.05, 3.63) is 11.6 Å². The minimum absolute atomic E-state index is 0.00965. The Morgan fingerprint density at radius 2 is 0.969 bits per heavy atom. The highest BCUT2D eigenvalue weighted by atomic mass is 16.6. The van der Waals surface area contributed by atoms with Crippen LogP contribution in [-0.4, -0.2) is 137 Å². The van der Waals surface area contributed by atoms with Gasteiger partial charge in [0.15, 0.2) is 0 Å². The first kappa shape index (κ1) is 33.0. The number of rotatable bonds is 22. The standard InChI is InChI=1S/C12H22O7.C8H18O5/c1-10(12(15)16)8-11(14)9-19-7-6-18-5-4-17-3-2-13;9-1-3-11-5-7-13-8-6-12-4-2-10/h8,11,13-14H,2-7,9H2,1H3,(H,15,16);9-10H,1-8H2. The molecule has 0 saturated heterocycles. The molecule has 12 nitrogen and oxygen atoms in total. The average molecular weight is 473 g/mol. The van der Waals surface area contributed by atoms with Crippen molar-refractivity contribution in [1.82, 2.24) is 0 Å². The molecule has 32 heavy (non-hydrogen) atoms. The molecule has 0 aromatic rings. The van der Waals surface area contributed by atoms with Crippen molar-refractivity contribution in [3.63, 3.8) is 0 Å². The number of hydrogen-bond donors (Lipinski definition) is 5. The molecule has 0 fully saturated rings. The molecule has 0 amide bonds. The highest BCUT2D eigenvalue weighted by Gasteiger charge is 2.05. The molecule has 0 aliphatic rings. The average Bonchev–Trinajstić information content (AvgIpc) is 2.77. The number of carboxylic acids is 1. The van der Waals surface area contributed by atoms with Crippen LogP contribution in [0.4, 0.5) is 0 Å². The van der Waals surface area contributed by atoms with Gasteiger partial charge in [0.05, 0.1) is 105 Å². The highest BCUT2D eigenvalue weighted by Crippen LogP contribution is 1.97. The fourth-order valence-corrected chi connectivity index (χ4v) is 1.79. The summed E-state index contributed by atoms with van der Waals surface area (Å²) in [5, 5.41) is 43.2. The molecule has 12 heteroatoms. The van der Waals surface area contributed by atoms with E-state index in [1.807, 2.05) is 0 Å². The Morgan fingerprint density at radius 1 is 0.656 bits per heavy atom. The Kier molecular flexibility index (Phi) is 28.7. The molecule has 0 radical (unpaired) electrons. The van der Waals surface area contributed by atoms with Crippen LogP contribution in [0.2, 0.25) is 0 Å². The van der Waals surface area contributed by atoms with E-state index in [9.17, 15) is 9.90 Å². The summed E-state index contributed by atoms with van der Waals surface area (Å²) in [5.41, 5.74) is 0.0772. The topological polar surface area (TPSA) is 174 Å². The van der Waals surface area contributed by atoms with Crippen molar-refractivity contribution < 1.29 is 58.7 Å². The number of aliphatic hydroxyl groups is 4. The second kappa shape index (κ2) is 27.8. The fourth-order valence-electron chi connectivity index (χ4n) is 1.79. The van der Waals surface area contributed by atoms with Gasteiger partial charge in [-0.05, 0) is 13.0 Å². The van der Waals surface area contributed by atoms with E-state index >= 15 is 0 Å². The van der Waals surface area contributed by atoms with Crippen LogP contribution in [0.5, 0.6) is 0 Å². The zero-order valence-electron chi connectivity index (χ0n) is 18.9. The molecule has 0 heterocycles. The summed E-state index contributed by atoms with van der Waals surface area (Å²) in [5.74, 6) is -1.06. The van der Waals surface area contributed by atoms with Crippen LogP contribution in [0.1, 0.15) is 6.92 Å². The first-order valence-electron chi connectivity index (χ1n) is 10.4. The Bertz CT molecular complexity index is 409. The molecule has 1 unspecified atom stereocenters. The molecular formula is C20H40O12.